The summed E-state index contributed by atoms with van der Waals surface area (Å²) in [6.07, 6.45) is 6.60. The molecular formula is C27H32N2O. The Bertz CT molecular complexity index is 957. The minimum Gasteiger partial charge on any atom is -0.496 e. The van der Waals surface area contributed by atoms with Crippen molar-refractivity contribution in [1.82, 2.24) is 9.88 Å². The van der Waals surface area contributed by atoms with E-state index in [-0.39, 0.29) is 0 Å². The van der Waals surface area contributed by atoms with Gasteiger partial charge in [-0.05, 0) is 42.4 Å². The van der Waals surface area contributed by atoms with Crippen molar-refractivity contribution < 1.29 is 4.74 Å². The van der Waals surface area contributed by atoms with E-state index in [4.69, 9.17) is 9.72 Å². The van der Waals surface area contributed by atoms with Gasteiger partial charge in [0.2, 0.25) is 0 Å². The maximum atomic E-state index is 5.84. The number of hydrogen-bond donors (Lipinski definition) is 0. The normalized spacial score (nSPS) is 13.6. The minimum atomic E-state index is 0.669. The van der Waals surface area contributed by atoms with E-state index in [2.05, 4.69) is 73.3 Å². The number of methoxy groups -OCH3 is 1. The van der Waals surface area contributed by atoms with Gasteiger partial charge in [0.25, 0.3) is 0 Å². The van der Waals surface area contributed by atoms with Crippen LogP contribution in [0.5, 0.6) is 5.75 Å². The number of benzene rings is 2. The maximum Gasteiger partial charge on any atom is 0.127 e. The van der Waals surface area contributed by atoms with Crippen LogP contribution in [-0.2, 0) is 25.9 Å². The second-order valence-electron chi connectivity index (χ2n) is 8.16. The highest BCUT2D eigenvalue weighted by atomic mass is 16.5. The van der Waals surface area contributed by atoms with Gasteiger partial charge in [0, 0.05) is 42.5 Å². The van der Waals surface area contributed by atoms with Crippen LogP contribution in [0, 0.1) is 0 Å². The smallest absolute Gasteiger partial charge is 0.127 e. The van der Waals surface area contributed by atoms with Crippen LogP contribution in [0.15, 0.2) is 60.8 Å². The fourth-order valence-electron chi connectivity index (χ4n) is 4.27. The molecule has 3 aromatic rings. The lowest BCUT2D eigenvalue weighted by atomic mass is 9.94. The summed E-state index contributed by atoms with van der Waals surface area (Å²) in [5.41, 5.74) is 7.51. The Labute approximate surface area is 180 Å². The molecule has 1 aliphatic rings. The zero-order chi connectivity index (χ0) is 20.9. The zero-order valence-corrected chi connectivity index (χ0v) is 18.4. The van der Waals surface area contributed by atoms with Crippen LogP contribution in [0.3, 0.4) is 0 Å². The second-order valence-corrected chi connectivity index (χ2v) is 8.16. The Morgan fingerprint density at radius 1 is 0.900 bits per heavy atom. The van der Waals surface area contributed by atoms with Gasteiger partial charge in [-0.1, -0.05) is 62.4 Å². The standard InChI is InChI=1S/C27H32N2O/c1-4-21-12-9-13-22(5-2)27(21)25-16-26(30-3)23(17-28-25)19-29(24-14-15-24)18-20-10-7-6-8-11-20/h6-13,16-17,24H,4-5,14-15,18-19H2,1-3H3. The molecule has 0 spiro atoms. The van der Waals surface area contributed by atoms with Crippen LogP contribution in [-0.4, -0.2) is 23.0 Å². The van der Waals surface area contributed by atoms with Crippen molar-refractivity contribution in [2.75, 3.05) is 7.11 Å². The van der Waals surface area contributed by atoms with E-state index in [1.807, 2.05) is 6.20 Å². The molecule has 4 rings (SSSR count). The summed E-state index contributed by atoms with van der Waals surface area (Å²) in [5, 5.41) is 0. The van der Waals surface area contributed by atoms with Gasteiger partial charge in [0.1, 0.15) is 5.75 Å². The molecular weight excluding hydrogens is 368 g/mol. The van der Waals surface area contributed by atoms with Crippen molar-refractivity contribution in [2.45, 2.75) is 58.7 Å². The van der Waals surface area contributed by atoms with E-state index in [0.717, 1.165) is 42.9 Å². The number of ether oxygens (including phenoxy) is 1. The molecule has 0 amide bonds. The number of rotatable bonds is 9. The van der Waals surface area contributed by atoms with Crippen LogP contribution in [0.2, 0.25) is 0 Å². The zero-order valence-electron chi connectivity index (χ0n) is 18.4. The molecule has 0 aliphatic heterocycles. The molecule has 0 saturated heterocycles. The Hall–Kier alpha value is -2.65. The molecule has 0 bridgehead atoms. The van der Waals surface area contributed by atoms with Gasteiger partial charge in [-0.15, -0.1) is 0 Å². The molecule has 3 heteroatoms. The third kappa shape index (κ3) is 4.57. The van der Waals surface area contributed by atoms with Crippen molar-refractivity contribution in [2.24, 2.45) is 0 Å². The van der Waals surface area contributed by atoms with E-state index in [9.17, 15) is 0 Å². The summed E-state index contributed by atoms with van der Waals surface area (Å²) in [4.78, 5) is 7.47. The summed E-state index contributed by atoms with van der Waals surface area (Å²) < 4.78 is 5.84. The van der Waals surface area contributed by atoms with Crippen molar-refractivity contribution in [3.63, 3.8) is 0 Å². The van der Waals surface area contributed by atoms with Gasteiger partial charge in [0.15, 0.2) is 0 Å². The molecule has 1 fully saturated rings. The molecule has 1 aromatic heterocycles. The first kappa shape index (κ1) is 20.6. The quantitative estimate of drug-likeness (QED) is 0.437. The van der Waals surface area contributed by atoms with Crippen molar-refractivity contribution in [3.05, 3.63) is 83.0 Å². The number of nitrogens with zero attached hydrogens (tertiary/aromatic N) is 2. The number of aromatic nitrogens is 1. The Morgan fingerprint density at radius 3 is 2.20 bits per heavy atom. The second kappa shape index (κ2) is 9.44. The van der Waals surface area contributed by atoms with Crippen LogP contribution in [0.4, 0.5) is 0 Å². The monoisotopic (exact) mass is 400 g/mol. The third-order valence-corrected chi connectivity index (χ3v) is 6.08. The molecule has 0 radical (unpaired) electrons. The molecule has 156 valence electrons. The lowest BCUT2D eigenvalue weighted by Crippen LogP contribution is -2.25. The van der Waals surface area contributed by atoms with E-state index in [1.54, 1.807) is 7.11 Å². The van der Waals surface area contributed by atoms with Crippen LogP contribution >= 0.6 is 0 Å². The Balaban J connectivity index is 1.63. The molecule has 0 unspecified atom stereocenters. The third-order valence-electron chi connectivity index (χ3n) is 6.08. The summed E-state index contributed by atoms with van der Waals surface area (Å²) in [5.74, 6) is 0.937. The maximum absolute atomic E-state index is 5.84. The van der Waals surface area contributed by atoms with Crippen molar-refractivity contribution in [3.8, 4) is 17.0 Å². The van der Waals surface area contributed by atoms with E-state index in [1.165, 1.54) is 35.1 Å². The average Bonchev–Trinajstić information content (AvgIpc) is 3.64. The fraction of sp³-hybridized carbons (Fsp3) is 0.370. The Kier molecular flexibility index (Phi) is 6.49. The van der Waals surface area contributed by atoms with Crippen LogP contribution in [0.25, 0.3) is 11.3 Å². The predicted molar refractivity (Wildman–Crippen MR) is 124 cm³/mol. The molecule has 2 aromatic carbocycles. The van der Waals surface area contributed by atoms with E-state index < -0.39 is 0 Å². The minimum absolute atomic E-state index is 0.669. The first-order chi connectivity index (χ1) is 14.7. The van der Waals surface area contributed by atoms with Gasteiger partial charge < -0.3 is 4.74 Å². The predicted octanol–water partition coefficient (Wildman–Crippen LogP) is 6.05. The van der Waals surface area contributed by atoms with Crippen LogP contribution < -0.4 is 4.74 Å². The lowest BCUT2D eigenvalue weighted by Gasteiger charge is -2.23. The number of hydrogen-bond acceptors (Lipinski definition) is 3. The van der Waals surface area contributed by atoms with Crippen LogP contribution in [0.1, 0.15) is 48.9 Å². The number of pyridine rings is 1. The summed E-state index contributed by atoms with van der Waals surface area (Å²) >= 11 is 0. The van der Waals surface area contributed by atoms with Crippen molar-refractivity contribution >= 4 is 0 Å². The molecule has 3 nitrogen and oxygen atoms in total. The molecule has 1 saturated carbocycles. The summed E-state index contributed by atoms with van der Waals surface area (Å²) in [7, 11) is 1.77. The van der Waals surface area contributed by atoms with Gasteiger partial charge in [-0.3, -0.25) is 9.88 Å². The lowest BCUT2D eigenvalue weighted by molar-refractivity contribution is 0.241. The summed E-state index contributed by atoms with van der Waals surface area (Å²) in [6, 6.07) is 20.1. The van der Waals surface area contributed by atoms with Crippen molar-refractivity contribution in [1.29, 1.82) is 0 Å². The SMILES string of the molecule is CCc1cccc(CC)c1-c1cc(OC)c(CN(Cc2ccccc2)C2CC2)cn1. The van der Waals surface area contributed by atoms with E-state index in [0.29, 0.717) is 6.04 Å². The van der Waals surface area contributed by atoms with Gasteiger partial charge in [0.05, 0.1) is 12.8 Å². The largest absolute Gasteiger partial charge is 0.496 e. The van der Waals surface area contributed by atoms with Gasteiger partial charge in [-0.2, -0.15) is 0 Å². The highest BCUT2D eigenvalue weighted by Crippen LogP contribution is 2.34. The number of aryl methyl sites for hydroxylation is 2. The Morgan fingerprint density at radius 2 is 1.60 bits per heavy atom. The summed E-state index contributed by atoms with van der Waals surface area (Å²) in [6.45, 7) is 6.25. The first-order valence-corrected chi connectivity index (χ1v) is 11.2. The molecule has 1 aliphatic carbocycles. The average molecular weight is 401 g/mol. The van der Waals surface area contributed by atoms with E-state index >= 15 is 0 Å². The molecule has 0 N–H and O–H groups in total. The highest BCUT2D eigenvalue weighted by Gasteiger charge is 2.29. The fourth-order valence-corrected chi connectivity index (χ4v) is 4.27. The van der Waals surface area contributed by atoms with Gasteiger partial charge in [-0.25, -0.2) is 0 Å². The molecule has 1 heterocycles. The molecule has 0 atom stereocenters. The van der Waals surface area contributed by atoms with Gasteiger partial charge >= 0.3 is 0 Å². The topological polar surface area (TPSA) is 25.4 Å². The molecule has 30 heavy (non-hydrogen) atoms. The highest BCUT2D eigenvalue weighted by molar-refractivity contribution is 5.69. The first-order valence-electron chi connectivity index (χ1n) is 11.2.